The van der Waals surface area contributed by atoms with E-state index < -0.39 is 85.5 Å². The SMILES string of the molecule is CC1CN([C@@H]2O[C@H](CO)[C@H](O)C2O)C(=O)NC1=O.Cc1cn([C@@H]2O[C@H](CO)[C@H](O)C2O)c(=O)[nH]c1=O. The molecule has 0 radical (unpaired) electrons. The number of hydrogen-bond donors (Lipinski definition) is 8. The minimum absolute atomic E-state index is 0.0945. The number of aryl methyl sites for hydroxylation is 1. The number of aliphatic hydroxyl groups excluding tert-OH is 6. The van der Waals surface area contributed by atoms with Crippen LogP contribution in [0.2, 0.25) is 0 Å². The molecule has 16 nitrogen and oxygen atoms in total. The Morgan fingerprint density at radius 3 is 1.97 bits per heavy atom. The Labute approximate surface area is 203 Å². The van der Waals surface area contributed by atoms with E-state index in [4.69, 9.17) is 19.7 Å². The van der Waals surface area contributed by atoms with Crippen LogP contribution < -0.4 is 16.6 Å². The van der Waals surface area contributed by atoms with Crippen LogP contribution in [0.1, 0.15) is 18.7 Å². The van der Waals surface area contributed by atoms with Gasteiger partial charge >= 0.3 is 11.7 Å². The molecule has 4 heterocycles. The molecule has 8 N–H and O–H groups in total. The van der Waals surface area contributed by atoms with Gasteiger partial charge in [0.15, 0.2) is 12.5 Å². The highest BCUT2D eigenvalue weighted by molar-refractivity contribution is 5.97. The highest BCUT2D eigenvalue weighted by Crippen LogP contribution is 2.28. The quantitative estimate of drug-likeness (QED) is 0.187. The first-order chi connectivity index (χ1) is 16.9. The Balaban J connectivity index is 0.000000201. The number of urea groups is 1. The number of imide groups is 1. The topological polar surface area (TPSA) is 244 Å². The number of H-pyrrole nitrogens is 1. The van der Waals surface area contributed by atoms with Crippen molar-refractivity contribution in [3.8, 4) is 0 Å². The zero-order valence-corrected chi connectivity index (χ0v) is 19.4. The second-order valence-corrected chi connectivity index (χ2v) is 8.78. The van der Waals surface area contributed by atoms with Crippen molar-refractivity contribution in [2.75, 3.05) is 19.8 Å². The molecule has 3 fully saturated rings. The van der Waals surface area contributed by atoms with E-state index in [-0.39, 0.29) is 18.0 Å². The Morgan fingerprint density at radius 1 is 0.917 bits per heavy atom. The molecule has 3 aliphatic rings. The average Bonchev–Trinajstić information content (AvgIpc) is 3.29. The second kappa shape index (κ2) is 11.1. The van der Waals surface area contributed by atoms with Gasteiger partial charge in [0, 0.05) is 18.3 Å². The minimum atomic E-state index is -1.36. The van der Waals surface area contributed by atoms with Crippen LogP contribution in [0.15, 0.2) is 15.8 Å². The summed E-state index contributed by atoms with van der Waals surface area (Å²) in [5.74, 6) is -0.813. The molecule has 1 aromatic rings. The summed E-state index contributed by atoms with van der Waals surface area (Å²) in [6.45, 7) is 2.29. The number of aromatic amines is 1. The molecule has 3 unspecified atom stereocenters. The number of aromatic nitrogens is 2. The average molecular weight is 518 g/mol. The standard InChI is InChI=1S/C10H16N2O6.C10H14N2O6/c2*1-4-2-12(10(17)11-8(4)16)9-7(15)6(14)5(3-13)18-9/h4-7,9,13-15H,2-3H2,1H3,(H,11,16,17);2,5-7,9,13-15H,3H2,1H3,(H,11,16,17)/t4?,5-,6+,7?,9-;5-,6+,7?,9-/m11/s1. The van der Waals surface area contributed by atoms with E-state index in [2.05, 4.69) is 10.3 Å². The van der Waals surface area contributed by atoms with Gasteiger partial charge in [-0.15, -0.1) is 0 Å². The molecule has 0 bridgehead atoms. The molecule has 9 atom stereocenters. The van der Waals surface area contributed by atoms with E-state index in [0.717, 1.165) is 9.47 Å². The number of rotatable bonds is 4. The normalized spacial score (nSPS) is 36.4. The Hall–Kier alpha value is -2.70. The number of nitrogens with zero attached hydrogens (tertiary/aromatic N) is 2. The van der Waals surface area contributed by atoms with Gasteiger partial charge in [-0.2, -0.15) is 0 Å². The molecule has 16 heteroatoms. The van der Waals surface area contributed by atoms with Gasteiger partial charge in [-0.1, -0.05) is 6.92 Å². The van der Waals surface area contributed by atoms with Crippen LogP contribution in [0.4, 0.5) is 4.79 Å². The summed E-state index contributed by atoms with van der Waals surface area (Å²) in [5.41, 5.74) is -1.00. The van der Waals surface area contributed by atoms with Crippen LogP contribution in [-0.4, -0.2) is 120 Å². The number of ether oxygens (including phenoxy) is 2. The first-order valence-corrected chi connectivity index (χ1v) is 11.1. The lowest BCUT2D eigenvalue weighted by Crippen LogP contribution is -2.59. The van der Waals surface area contributed by atoms with E-state index in [1.54, 1.807) is 6.92 Å². The third kappa shape index (κ3) is 5.35. The van der Waals surface area contributed by atoms with Crippen LogP contribution >= 0.6 is 0 Å². The molecule has 3 saturated heterocycles. The first kappa shape index (κ1) is 27.9. The van der Waals surface area contributed by atoms with Crippen molar-refractivity contribution in [1.29, 1.82) is 0 Å². The molecular weight excluding hydrogens is 488 g/mol. The summed E-state index contributed by atoms with van der Waals surface area (Å²) in [6.07, 6.45) is -8.09. The Kier molecular flexibility index (Phi) is 8.63. The number of aliphatic hydroxyl groups is 6. The number of hydrogen-bond acceptors (Lipinski definition) is 12. The van der Waals surface area contributed by atoms with Crippen molar-refractivity contribution in [3.05, 3.63) is 32.6 Å². The van der Waals surface area contributed by atoms with Crippen molar-refractivity contribution in [3.63, 3.8) is 0 Å². The monoisotopic (exact) mass is 518 g/mol. The van der Waals surface area contributed by atoms with Crippen LogP contribution in [-0.2, 0) is 14.3 Å². The molecule has 0 saturated carbocycles. The molecule has 1 aromatic heterocycles. The number of nitrogens with one attached hydrogen (secondary N) is 2. The maximum Gasteiger partial charge on any atom is 0.330 e. The molecule has 3 aliphatic heterocycles. The van der Waals surface area contributed by atoms with E-state index in [0.29, 0.717) is 0 Å². The maximum absolute atomic E-state index is 11.6. The molecule has 3 amide bonds. The number of amides is 3. The molecule has 0 spiro atoms. The Morgan fingerprint density at radius 2 is 1.44 bits per heavy atom. The smallest absolute Gasteiger partial charge is 0.330 e. The first-order valence-electron chi connectivity index (χ1n) is 11.1. The summed E-state index contributed by atoms with van der Waals surface area (Å²) in [7, 11) is 0. The predicted octanol–water partition coefficient (Wildman–Crippen LogP) is -4.93. The van der Waals surface area contributed by atoms with Crippen molar-refractivity contribution in [2.45, 2.75) is 62.9 Å². The van der Waals surface area contributed by atoms with Gasteiger partial charge in [-0.25, -0.2) is 9.59 Å². The molecule has 0 aliphatic carbocycles. The van der Waals surface area contributed by atoms with Crippen molar-refractivity contribution >= 4 is 11.9 Å². The highest BCUT2D eigenvalue weighted by Gasteiger charge is 2.48. The van der Waals surface area contributed by atoms with Crippen molar-refractivity contribution in [1.82, 2.24) is 19.8 Å². The summed E-state index contributed by atoms with van der Waals surface area (Å²) in [5, 5.41) is 58.8. The zero-order valence-electron chi connectivity index (χ0n) is 19.4. The molecular formula is C20H30N4O12. The van der Waals surface area contributed by atoms with Crippen LogP contribution in [0.5, 0.6) is 0 Å². The molecule has 0 aromatic carbocycles. The molecule has 202 valence electrons. The fraction of sp³-hybridized carbons (Fsp3) is 0.700. The van der Waals surface area contributed by atoms with Gasteiger partial charge in [0.25, 0.3) is 5.56 Å². The fourth-order valence-electron chi connectivity index (χ4n) is 4.00. The summed E-state index contributed by atoms with van der Waals surface area (Å²) in [4.78, 5) is 49.0. The van der Waals surface area contributed by atoms with E-state index in [9.17, 15) is 39.6 Å². The lowest BCUT2D eigenvalue weighted by Gasteiger charge is -2.35. The van der Waals surface area contributed by atoms with Gasteiger partial charge in [0.1, 0.15) is 36.6 Å². The second-order valence-electron chi connectivity index (χ2n) is 8.78. The third-order valence-electron chi connectivity index (χ3n) is 6.17. The molecule has 36 heavy (non-hydrogen) atoms. The predicted molar refractivity (Wildman–Crippen MR) is 116 cm³/mol. The molecule has 4 rings (SSSR count). The lowest BCUT2D eigenvalue weighted by atomic mass is 10.1. The van der Waals surface area contributed by atoms with Crippen LogP contribution in [0, 0.1) is 12.8 Å². The summed E-state index contributed by atoms with van der Waals surface area (Å²) in [6, 6.07) is -0.673. The van der Waals surface area contributed by atoms with E-state index >= 15 is 0 Å². The number of carbonyl (C=O) groups is 2. The summed E-state index contributed by atoms with van der Waals surface area (Å²) >= 11 is 0. The van der Waals surface area contributed by atoms with Gasteiger partial charge in [0.05, 0.1) is 19.1 Å². The Bertz CT molecular complexity index is 1080. The van der Waals surface area contributed by atoms with Crippen molar-refractivity contribution in [2.24, 2.45) is 5.92 Å². The summed E-state index contributed by atoms with van der Waals surface area (Å²) < 4.78 is 11.4. The van der Waals surface area contributed by atoms with Crippen LogP contribution in [0.25, 0.3) is 0 Å². The maximum atomic E-state index is 11.6. The number of carbonyl (C=O) groups excluding carboxylic acids is 2. The van der Waals surface area contributed by atoms with E-state index in [1.165, 1.54) is 13.1 Å². The van der Waals surface area contributed by atoms with Gasteiger partial charge in [-0.3, -0.25) is 29.4 Å². The van der Waals surface area contributed by atoms with Crippen LogP contribution in [0.3, 0.4) is 0 Å². The highest BCUT2D eigenvalue weighted by atomic mass is 16.6. The largest absolute Gasteiger partial charge is 0.394 e. The fourth-order valence-corrected chi connectivity index (χ4v) is 4.00. The van der Waals surface area contributed by atoms with Gasteiger partial charge < -0.3 is 40.1 Å². The zero-order chi connectivity index (χ0) is 26.9. The van der Waals surface area contributed by atoms with Gasteiger partial charge in [0.2, 0.25) is 5.91 Å². The van der Waals surface area contributed by atoms with Crippen molar-refractivity contribution < 1.29 is 49.7 Å². The lowest BCUT2D eigenvalue weighted by molar-refractivity contribution is -0.130. The van der Waals surface area contributed by atoms with Gasteiger partial charge in [-0.05, 0) is 6.92 Å². The third-order valence-corrected chi connectivity index (χ3v) is 6.17. The van der Waals surface area contributed by atoms with E-state index in [1.807, 2.05) is 0 Å². The minimum Gasteiger partial charge on any atom is -0.394 e.